The maximum absolute atomic E-state index is 9.85. The molecule has 1 atom stereocenters. The van der Waals surface area contributed by atoms with Crippen molar-refractivity contribution in [2.75, 3.05) is 26.4 Å². The van der Waals surface area contributed by atoms with E-state index < -0.39 is 5.54 Å². The minimum atomic E-state index is -0.396. The SMILES string of the molecule is CCNC(CO)(CCOCC(C)C)c1ccccc1. The van der Waals surface area contributed by atoms with Gasteiger partial charge >= 0.3 is 0 Å². The fraction of sp³-hybridized carbons (Fsp3) is 0.625. The Balaban J connectivity index is 2.70. The summed E-state index contributed by atoms with van der Waals surface area (Å²) in [6, 6.07) is 10.1. The molecule has 1 rings (SSSR count). The number of benzene rings is 1. The first-order chi connectivity index (χ1) is 9.14. The highest BCUT2D eigenvalue weighted by Crippen LogP contribution is 2.24. The predicted octanol–water partition coefficient (Wildman–Crippen LogP) is 2.55. The van der Waals surface area contributed by atoms with Gasteiger partial charge in [0.15, 0.2) is 0 Å². The van der Waals surface area contributed by atoms with Crippen molar-refractivity contribution in [2.24, 2.45) is 5.92 Å². The molecule has 2 N–H and O–H groups in total. The van der Waals surface area contributed by atoms with Crippen LogP contribution in [0.25, 0.3) is 0 Å². The van der Waals surface area contributed by atoms with E-state index in [0.29, 0.717) is 12.5 Å². The molecule has 0 spiro atoms. The van der Waals surface area contributed by atoms with Crippen LogP contribution in [0.4, 0.5) is 0 Å². The minimum absolute atomic E-state index is 0.0793. The standard InChI is InChI=1S/C16H27NO2/c1-4-17-16(13-18,10-11-19-12-14(2)3)15-8-6-5-7-9-15/h5-9,14,17-18H,4,10-13H2,1-3H3. The van der Waals surface area contributed by atoms with Crippen molar-refractivity contribution in [1.29, 1.82) is 0 Å². The fourth-order valence-electron chi connectivity index (χ4n) is 2.22. The Kier molecular flexibility index (Phi) is 7.06. The molecule has 0 saturated carbocycles. The number of aliphatic hydroxyl groups is 1. The lowest BCUT2D eigenvalue weighted by Crippen LogP contribution is -2.46. The lowest BCUT2D eigenvalue weighted by atomic mass is 9.87. The molecule has 0 bridgehead atoms. The van der Waals surface area contributed by atoms with Crippen molar-refractivity contribution < 1.29 is 9.84 Å². The Hall–Kier alpha value is -0.900. The Morgan fingerprint density at radius 1 is 1.26 bits per heavy atom. The lowest BCUT2D eigenvalue weighted by molar-refractivity contribution is 0.0668. The summed E-state index contributed by atoms with van der Waals surface area (Å²) in [5, 5.41) is 13.3. The van der Waals surface area contributed by atoms with E-state index in [0.717, 1.165) is 25.1 Å². The van der Waals surface area contributed by atoms with Crippen molar-refractivity contribution in [3.05, 3.63) is 35.9 Å². The third-order valence-electron chi connectivity index (χ3n) is 3.24. The molecule has 0 radical (unpaired) electrons. The Labute approximate surface area is 117 Å². The van der Waals surface area contributed by atoms with Gasteiger partial charge in [-0.15, -0.1) is 0 Å². The first kappa shape index (κ1) is 16.2. The molecular weight excluding hydrogens is 238 g/mol. The van der Waals surface area contributed by atoms with Gasteiger partial charge in [0.25, 0.3) is 0 Å². The van der Waals surface area contributed by atoms with Gasteiger partial charge in [0, 0.05) is 13.2 Å². The molecule has 0 amide bonds. The van der Waals surface area contributed by atoms with Crippen molar-refractivity contribution in [2.45, 2.75) is 32.7 Å². The third-order valence-corrected chi connectivity index (χ3v) is 3.24. The first-order valence-electron chi connectivity index (χ1n) is 7.13. The highest BCUT2D eigenvalue weighted by atomic mass is 16.5. The van der Waals surface area contributed by atoms with E-state index in [4.69, 9.17) is 4.74 Å². The average molecular weight is 265 g/mol. The number of aliphatic hydroxyl groups excluding tert-OH is 1. The zero-order valence-corrected chi connectivity index (χ0v) is 12.4. The Morgan fingerprint density at radius 3 is 2.47 bits per heavy atom. The van der Waals surface area contributed by atoms with Crippen LogP contribution >= 0.6 is 0 Å². The summed E-state index contributed by atoms with van der Waals surface area (Å²) < 4.78 is 5.67. The second-order valence-corrected chi connectivity index (χ2v) is 5.36. The van der Waals surface area contributed by atoms with Crippen LogP contribution in [0.5, 0.6) is 0 Å². The van der Waals surface area contributed by atoms with Crippen LogP contribution in [0.1, 0.15) is 32.8 Å². The molecule has 0 fully saturated rings. The van der Waals surface area contributed by atoms with Gasteiger partial charge in [-0.3, -0.25) is 0 Å². The van der Waals surface area contributed by atoms with Gasteiger partial charge < -0.3 is 15.2 Å². The van der Waals surface area contributed by atoms with E-state index in [1.807, 2.05) is 18.2 Å². The van der Waals surface area contributed by atoms with Crippen LogP contribution in [0.2, 0.25) is 0 Å². The Morgan fingerprint density at radius 2 is 1.95 bits per heavy atom. The first-order valence-corrected chi connectivity index (χ1v) is 7.13. The van der Waals surface area contributed by atoms with Crippen LogP contribution in [0.15, 0.2) is 30.3 Å². The van der Waals surface area contributed by atoms with E-state index in [-0.39, 0.29) is 6.61 Å². The monoisotopic (exact) mass is 265 g/mol. The van der Waals surface area contributed by atoms with Gasteiger partial charge in [-0.05, 0) is 24.4 Å². The predicted molar refractivity (Wildman–Crippen MR) is 79.2 cm³/mol. The number of ether oxygens (including phenoxy) is 1. The van der Waals surface area contributed by atoms with Crippen LogP contribution in [0, 0.1) is 5.92 Å². The number of likely N-dealkylation sites (N-methyl/N-ethyl adjacent to an activating group) is 1. The molecule has 0 aliphatic heterocycles. The number of hydrogen-bond donors (Lipinski definition) is 2. The van der Waals surface area contributed by atoms with E-state index >= 15 is 0 Å². The maximum atomic E-state index is 9.85. The average Bonchev–Trinajstić information content (AvgIpc) is 2.43. The number of rotatable bonds is 9. The molecule has 0 aliphatic carbocycles. The van der Waals surface area contributed by atoms with Crippen LogP contribution in [-0.2, 0) is 10.3 Å². The van der Waals surface area contributed by atoms with E-state index in [9.17, 15) is 5.11 Å². The number of nitrogens with one attached hydrogen (secondary N) is 1. The van der Waals surface area contributed by atoms with Crippen LogP contribution in [-0.4, -0.2) is 31.5 Å². The summed E-state index contributed by atoms with van der Waals surface area (Å²) in [7, 11) is 0. The van der Waals surface area contributed by atoms with Gasteiger partial charge in [0.1, 0.15) is 0 Å². The highest BCUT2D eigenvalue weighted by molar-refractivity contribution is 5.24. The summed E-state index contributed by atoms with van der Waals surface area (Å²) in [6.45, 7) is 8.66. The quantitative estimate of drug-likeness (QED) is 0.674. The topological polar surface area (TPSA) is 41.5 Å². The summed E-state index contributed by atoms with van der Waals surface area (Å²) in [6.07, 6.45) is 0.772. The summed E-state index contributed by atoms with van der Waals surface area (Å²) in [5.41, 5.74) is 0.722. The molecule has 1 aromatic carbocycles. The summed E-state index contributed by atoms with van der Waals surface area (Å²) in [5.74, 6) is 0.541. The molecule has 0 aromatic heterocycles. The third kappa shape index (κ3) is 4.94. The molecule has 0 aliphatic rings. The van der Waals surface area contributed by atoms with Crippen molar-refractivity contribution in [3.8, 4) is 0 Å². The van der Waals surface area contributed by atoms with Crippen molar-refractivity contribution in [3.63, 3.8) is 0 Å². The Bertz CT molecular complexity index is 340. The fourth-order valence-corrected chi connectivity index (χ4v) is 2.22. The molecule has 3 heteroatoms. The van der Waals surface area contributed by atoms with Crippen molar-refractivity contribution in [1.82, 2.24) is 5.32 Å². The zero-order valence-electron chi connectivity index (χ0n) is 12.4. The molecule has 0 saturated heterocycles. The summed E-state index contributed by atoms with van der Waals surface area (Å²) in [4.78, 5) is 0. The summed E-state index contributed by atoms with van der Waals surface area (Å²) >= 11 is 0. The van der Waals surface area contributed by atoms with E-state index in [1.54, 1.807) is 0 Å². The van der Waals surface area contributed by atoms with E-state index in [2.05, 4.69) is 38.2 Å². The van der Waals surface area contributed by atoms with E-state index in [1.165, 1.54) is 0 Å². The van der Waals surface area contributed by atoms with Crippen LogP contribution in [0.3, 0.4) is 0 Å². The molecule has 0 heterocycles. The van der Waals surface area contributed by atoms with Gasteiger partial charge in [-0.25, -0.2) is 0 Å². The normalized spacial score (nSPS) is 14.6. The van der Waals surface area contributed by atoms with Gasteiger partial charge in [-0.1, -0.05) is 51.1 Å². The molecule has 1 aromatic rings. The molecule has 108 valence electrons. The zero-order chi connectivity index (χ0) is 14.1. The molecule has 19 heavy (non-hydrogen) atoms. The second-order valence-electron chi connectivity index (χ2n) is 5.36. The second kappa shape index (κ2) is 8.31. The molecule has 1 unspecified atom stereocenters. The van der Waals surface area contributed by atoms with Gasteiger partial charge in [-0.2, -0.15) is 0 Å². The van der Waals surface area contributed by atoms with Gasteiger partial charge in [0.05, 0.1) is 12.1 Å². The molecular formula is C16H27NO2. The maximum Gasteiger partial charge on any atom is 0.0691 e. The highest BCUT2D eigenvalue weighted by Gasteiger charge is 2.30. The number of hydrogen-bond acceptors (Lipinski definition) is 3. The lowest BCUT2D eigenvalue weighted by Gasteiger charge is -2.33. The molecule has 3 nitrogen and oxygen atoms in total. The minimum Gasteiger partial charge on any atom is -0.394 e. The van der Waals surface area contributed by atoms with Crippen LogP contribution < -0.4 is 5.32 Å². The van der Waals surface area contributed by atoms with Gasteiger partial charge in [0.2, 0.25) is 0 Å². The van der Waals surface area contributed by atoms with Crippen molar-refractivity contribution >= 4 is 0 Å². The largest absolute Gasteiger partial charge is 0.394 e. The smallest absolute Gasteiger partial charge is 0.0691 e.